The lowest BCUT2D eigenvalue weighted by Crippen LogP contribution is -2.31. The van der Waals surface area contributed by atoms with Gasteiger partial charge in [-0.05, 0) is 59.1 Å². The Hall–Kier alpha value is -2.37. The van der Waals surface area contributed by atoms with Crippen LogP contribution in [0.15, 0.2) is 48.5 Å². The monoisotopic (exact) mass is 372 g/mol. The number of carbonyl (C=O) groups excluding carboxylic acids is 1. The van der Waals surface area contributed by atoms with Crippen LogP contribution in [0, 0.1) is 18.8 Å². The van der Waals surface area contributed by atoms with Crippen molar-refractivity contribution < 1.29 is 4.79 Å². The Morgan fingerprint density at radius 1 is 1.04 bits per heavy atom. The smallest absolute Gasteiger partial charge is 0.180 e. The normalized spacial score (nSPS) is 15.3. The molecule has 0 atom stereocenters. The standard InChI is InChI=1S/C25H28OSi/c1-18-7-11-20(12-8-18)21-15-16-25(2,3)23-17-19(9-13-22(21)23)10-14-24(26)27(4,5)6/h7-9,11-13,15,17H,16H2,1-6H3. The SMILES string of the molecule is Cc1ccc(C2=CCC(C)(C)c3cc(C#CC(=O)[Si](C)(C)C)ccc32)cc1. The molecule has 2 aromatic rings. The summed E-state index contributed by atoms with van der Waals surface area (Å²) >= 11 is 0. The lowest BCUT2D eigenvalue weighted by molar-refractivity contribution is -0.107. The summed E-state index contributed by atoms with van der Waals surface area (Å²) in [5.74, 6) is 6.00. The van der Waals surface area contributed by atoms with E-state index in [2.05, 4.69) is 75.1 Å². The van der Waals surface area contributed by atoms with Crippen LogP contribution in [0.4, 0.5) is 0 Å². The summed E-state index contributed by atoms with van der Waals surface area (Å²) in [5, 5.41) is 0.111. The number of benzene rings is 2. The van der Waals surface area contributed by atoms with Gasteiger partial charge in [-0.25, -0.2) is 0 Å². The molecule has 0 aliphatic heterocycles. The second-order valence-corrected chi connectivity index (χ2v) is 14.1. The van der Waals surface area contributed by atoms with Gasteiger partial charge in [-0.1, -0.05) is 81.4 Å². The molecule has 3 rings (SSSR count). The van der Waals surface area contributed by atoms with Gasteiger partial charge in [-0.15, -0.1) is 0 Å². The summed E-state index contributed by atoms with van der Waals surface area (Å²) in [4.78, 5) is 12.2. The molecule has 1 aliphatic carbocycles. The number of carbonyl (C=O) groups is 1. The van der Waals surface area contributed by atoms with Crippen molar-refractivity contribution in [3.8, 4) is 11.8 Å². The van der Waals surface area contributed by atoms with Crippen LogP contribution in [-0.4, -0.2) is 13.5 Å². The van der Waals surface area contributed by atoms with E-state index in [1.54, 1.807) is 0 Å². The second kappa shape index (κ2) is 6.98. The molecule has 0 N–H and O–H groups in total. The fraction of sp³-hybridized carbons (Fsp3) is 0.320. The summed E-state index contributed by atoms with van der Waals surface area (Å²) in [6.07, 6.45) is 3.35. The van der Waals surface area contributed by atoms with Crippen molar-refractivity contribution in [3.05, 3.63) is 76.4 Å². The molecule has 0 saturated heterocycles. The first kappa shape index (κ1) is 19.4. The lowest BCUT2D eigenvalue weighted by Gasteiger charge is -2.32. The first-order chi connectivity index (χ1) is 12.6. The lowest BCUT2D eigenvalue weighted by atomic mass is 9.72. The molecule has 0 radical (unpaired) electrons. The van der Waals surface area contributed by atoms with E-state index in [4.69, 9.17) is 0 Å². The molecule has 0 heterocycles. The molecule has 1 aliphatic rings. The highest BCUT2D eigenvalue weighted by Crippen LogP contribution is 2.41. The van der Waals surface area contributed by atoms with Crippen LogP contribution in [0.25, 0.3) is 5.57 Å². The topological polar surface area (TPSA) is 17.1 Å². The number of hydrogen-bond acceptors (Lipinski definition) is 1. The van der Waals surface area contributed by atoms with Crippen LogP contribution < -0.4 is 0 Å². The summed E-state index contributed by atoms with van der Waals surface area (Å²) in [5.41, 5.74) is 7.40. The highest BCUT2D eigenvalue weighted by Gasteiger charge is 2.28. The average Bonchev–Trinajstić information content (AvgIpc) is 2.60. The molecular weight excluding hydrogens is 344 g/mol. The Labute approximate surface area is 164 Å². The fourth-order valence-electron chi connectivity index (χ4n) is 3.32. The molecule has 0 bridgehead atoms. The van der Waals surface area contributed by atoms with Crippen LogP contribution in [0.1, 0.15) is 48.1 Å². The van der Waals surface area contributed by atoms with Crippen LogP contribution in [-0.2, 0) is 10.2 Å². The quantitative estimate of drug-likeness (QED) is 0.473. The van der Waals surface area contributed by atoms with Gasteiger partial charge in [0.2, 0.25) is 0 Å². The third kappa shape index (κ3) is 4.15. The van der Waals surface area contributed by atoms with Gasteiger partial charge < -0.3 is 0 Å². The van der Waals surface area contributed by atoms with Gasteiger partial charge in [0.05, 0.1) is 0 Å². The first-order valence-electron chi connectivity index (χ1n) is 9.56. The van der Waals surface area contributed by atoms with E-state index in [-0.39, 0.29) is 10.8 Å². The van der Waals surface area contributed by atoms with Crippen molar-refractivity contribution in [1.82, 2.24) is 0 Å². The number of aryl methyl sites for hydroxylation is 1. The zero-order chi connectivity index (χ0) is 19.8. The molecule has 0 aromatic heterocycles. The molecule has 2 heteroatoms. The second-order valence-electron chi connectivity index (χ2n) is 9.16. The molecule has 138 valence electrons. The maximum Gasteiger partial charge on any atom is 0.180 e. The maximum atomic E-state index is 12.2. The van der Waals surface area contributed by atoms with Gasteiger partial charge in [0.25, 0.3) is 0 Å². The Morgan fingerprint density at radius 3 is 2.33 bits per heavy atom. The van der Waals surface area contributed by atoms with Gasteiger partial charge >= 0.3 is 0 Å². The van der Waals surface area contributed by atoms with Crippen LogP contribution in [0.2, 0.25) is 19.6 Å². The van der Waals surface area contributed by atoms with Gasteiger partial charge in [0.1, 0.15) is 8.07 Å². The van der Waals surface area contributed by atoms with E-state index in [1.165, 1.54) is 27.8 Å². The van der Waals surface area contributed by atoms with Crippen molar-refractivity contribution in [2.45, 2.75) is 52.2 Å². The van der Waals surface area contributed by atoms with Crippen LogP contribution in [0.5, 0.6) is 0 Å². The zero-order valence-electron chi connectivity index (χ0n) is 17.2. The van der Waals surface area contributed by atoms with Gasteiger partial charge in [0, 0.05) is 5.56 Å². The molecule has 27 heavy (non-hydrogen) atoms. The highest BCUT2D eigenvalue weighted by atomic mass is 28.3. The molecule has 0 unspecified atom stereocenters. The molecule has 0 amide bonds. The predicted octanol–water partition coefficient (Wildman–Crippen LogP) is 5.91. The third-order valence-corrected chi connectivity index (χ3v) is 6.71. The minimum absolute atomic E-state index is 0.0595. The van der Waals surface area contributed by atoms with Crippen molar-refractivity contribution in [2.75, 3.05) is 0 Å². The molecule has 0 saturated carbocycles. The van der Waals surface area contributed by atoms with E-state index >= 15 is 0 Å². The summed E-state index contributed by atoms with van der Waals surface area (Å²) < 4.78 is 0. The van der Waals surface area contributed by atoms with E-state index < -0.39 is 8.07 Å². The minimum atomic E-state index is -1.85. The number of allylic oxidation sites excluding steroid dienone is 1. The zero-order valence-corrected chi connectivity index (χ0v) is 18.2. The van der Waals surface area contributed by atoms with Gasteiger partial charge in [0.15, 0.2) is 5.41 Å². The largest absolute Gasteiger partial charge is 0.291 e. The highest BCUT2D eigenvalue weighted by molar-refractivity contribution is 7.05. The Morgan fingerprint density at radius 2 is 1.70 bits per heavy atom. The molecule has 0 spiro atoms. The van der Waals surface area contributed by atoms with E-state index in [0.29, 0.717) is 0 Å². The van der Waals surface area contributed by atoms with Gasteiger partial charge in [-0.2, -0.15) is 0 Å². The van der Waals surface area contributed by atoms with Gasteiger partial charge in [-0.3, -0.25) is 4.79 Å². The number of hydrogen-bond donors (Lipinski definition) is 0. The molecular formula is C25H28OSi. The van der Waals surface area contributed by atoms with E-state index in [1.807, 2.05) is 25.7 Å². The summed E-state index contributed by atoms with van der Waals surface area (Å²) in [6, 6.07) is 15.1. The molecule has 2 aromatic carbocycles. The predicted molar refractivity (Wildman–Crippen MR) is 118 cm³/mol. The van der Waals surface area contributed by atoms with Crippen molar-refractivity contribution >= 4 is 19.1 Å². The third-order valence-electron chi connectivity index (χ3n) is 5.22. The molecule has 1 nitrogen and oxygen atoms in total. The Bertz CT molecular complexity index is 974. The number of rotatable bonds is 2. The maximum absolute atomic E-state index is 12.2. The van der Waals surface area contributed by atoms with Crippen molar-refractivity contribution in [2.24, 2.45) is 0 Å². The molecule has 0 fully saturated rings. The number of fused-ring (bicyclic) bond motifs is 1. The van der Waals surface area contributed by atoms with Crippen molar-refractivity contribution in [3.63, 3.8) is 0 Å². The van der Waals surface area contributed by atoms with E-state index in [9.17, 15) is 4.79 Å². The minimum Gasteiger partial charge on any atom is -0.291 e. The van der Waals surface area contributed by atoms with Crippen molar-refractivity contribution in [1.29, 1.82) is 0 Å². The Kier molecular flexibility index (Phi) is 5.01. The summed E-state index contributed by atoms with van der Waals surface area (Å²) in [6.45, 7) is 12.8. The van der Waals surface area contributed by atoms with E-state index in [0.717, 1.165) is 12.0 Å². The van der Waals surface area contributed by atoms with Crippen LogP contribution >= 0.6 is 0 Å². The average molecular weight is 373 g/mol. The summed E-state index contributed by atoms with van der Waals surface area (Å²) in [7, 11) is -1.85. The van der Waals surface area contributed by atoms with Crippen LogP contribution in [0.3, 0.4) is 0 Å². The fourth-order valence-corrected chi connectivity index (χ4v) is 3.75. The Balaban J connectivity index is 2.03. The first-order valence-corrected chi connectivity index (χ1v) is 13.1.